The number of alkyl halides is 3. The zero-order valence-electron chi connectivity index (χ0n) is 9.86. The van der Waals surface area contributed by atoms with Crippen molar-refractivity contribution >= 4 is 5.97 Å². The molecule has 0 aliphatic heterocycles. The van der Waals surface area contributed by atoms with Gasteiger partial charge in [0.25, 0.3) is 5.60 Å². The molecule has 7 heteroatoms. The van der Waals surface area contributed by atoms with Crippen LogP contribution in [0, 0.1) is 11.3 Å². The van der Waals surface area contributed by atoms with Gasteiger partial charge >= 0.3 is 12.1 Å². The Morgan fingerprint density at radius 3 is 2.58 bits per heavy atom. The molecule has 102 valence electrons. The highest BCUT2D eigenvalue weighted by Gasteiger charge is 2.62. The fourth-order valence-corrected chi connectivity index (χ4v) is 1.45. The number of benzene rings is 1. The van der Waals surface area contributed by atoms with Crippen LogP contribution >= 0.6 is 0 Å². The standard InChI is InChI=1S/C12H10F3NO3/c1-2-19-10(17)11(18,12(13,14)15)9-5-3-4-8(6-9)7-16/h3-6,18H,2H2,1H3. The van der Waals surface area contributed by atoms with Gasteiger partial charge in [0.1, 0.15) is 0 Å². The minimum Gasteiger partial charge on any atom is -0.463 e. The molecule has 19 heavy (non-hydrogen) atoms. The smallest absolute Gasteiger partial charge is 0.432 e. The highest BCUT2D eigenvalue weighted by atomic mass is 19.4. The van der Waals surface area contributed by atoms with E-state index >= 15 is 0 Å². The van der Waals surface area contributed by atoms with E-state index in [1.807, 2.05) is 0 Å². The normalized spacial score (nSPS) is 14.3. The van der Waals surface area contributed by atoms with E-state index in [0.29, 0.717) is 0 Å². The number of rotatable bonds is 3. The molecule has 1 N–H and O–H groups in total. The van der Waals surface area contributed by atoms with Crippen molar-refractivity contribution in [2.24, 2.45) is 0 Å². The highest BCUT2D eigenvalue weighted by Crippen LogP contribution is 2.40. The number of esters is 1. The van der Waals surface area contributed by atoms with Crippen LogP contribution in [0.15, 0.2) is 24.3 Å². The Labute approximate surface area is 107 Å². The number of carbonyl (C=O) groups excluding carboxylic acids is 1. The van der Waals surface area contributed by atoms with Gasteiger partial charge in [0.15, 0.2) is 0 Å². The van der Waals surface area contributed by atoms with Crippen molar-refractivity contribution in [3.8, 4) is 6.07 Å². The Balaban J connectivity index is 3.40. The lowest BCUT2D eigenvalue weighted by Gasteiger charge is -2.28. The van der Waals surface area contributed by atoms with Crippen molar-refractivity contribution < 1.29 is 27.8 Å². The molecular weight excluding hydrogens is 263 g/mol. The van der Waals surface area contributed by atoms with E-state index in [2.05, 4.69) is 4.74 Å². The van der Waals surface area contributed by atoms with Crippen LogP contribution in [0.5, 0.6) is 0 Å². The van der Waals surface area contributed by atoms with Gasteiger partial charge in [-0.25, -0.2) is 4.79 Å². The maximum atomic E-state index is 13.0. The predicted octanol–water partition coefficient (Wildman–Crippen LogP) is 1.87. The Kier molecular flexibility index (Phi) is 4.17. The number of halogens is 3. The summed E-state index contributed by atoms with van der Waals surface area (Å²) in [6, 6.07) is 5.73. The number of hydrogen-bond acceptors (Lipinski definition) is 4. The van der Waals surface area contributed by atoms with E-state index < -0.39 is 23.3 Å². The van der Waals surface area contributed by atoms with Crippen LogP contribution in [0.4, 0.5) is 13.2 Å². The van der Waals surface area contributed by atoms with Crippen molar-refractivity contribution in [2.75, 3.05) is 6.61 Å². The third-order valence-electron chi connectivity index (χ3n) is 2.39. The SMILES string of the molecule is CCOC(=O)C(O)(c1cccc(C#N)c1)C(F)(F)F. The summed E-state index contributed by atoms with van der Waals surface area (Å²) in [6.07, 6.45) is -5.26. The minimum atomic E-state index is -5.26. The number of nitrogens with zero attached hydrogens (tertiary/aromatic N) is 1. The summed E-state index contributed by atoms with van der Waals surface area (Å²) in [4.78, 5) is 11.4. The molecule has 0 saturated carbocycles. The molecule has 1 aromatic rings. The lowest BCUT2D eigenvalue weighted by molar-refractivity contribution is -0.267. The van der Waals surface area contributed by atoms with Gasteiger partial charge in [-0.2, -0.15) is 18.4 Å². The molecule has 0 aromatic heterocycles. The molecule has 0 heterocycles. The van der Waals surface area contributed by atoms with Crippen molar-refractivity contribution in [2.45, 2.75) is 18.7 Å². The van der Waals surface area contributed by atoms with Crippen LogP contribution < -0.4 is 0 Å². The molecule has 1 atom stereocenters. The van der Waals surface area contributed by atoms with Gasteiger partial charge in [0.05, 0.1) is 18.2 Å². The van der Waals surface area contributed by atoms with Gasteiger partial charge in [0.2, 0.25) is 0 Å². The first-order chi connectivity index (χ1) is 8.77. The maximum Gasteiger partial charge on any atom is 0.432 e. The first-order valence-electron chi connectivity index (χ1n) is 5.24. The van der Waals surface area contributed by atoms with Crippen LogP contribution in [0.3, 0.4) is 0 Å². The average Bonchev–Trinajstić information content (AvgIpc) is 2.36. The third kappa shape index (κ3) is 2.69. The van der Waals surface area contributed by atoms with Crippen LogP contribution in [-0.2, 0) is 15.1 Å². The second-order valence-electron chi connectivity index (χ2n) is 3.62. The number of ether oxygens (including phenoxy) is 1. The van der Waals surface area contributed by atoms with E-state index in [-0.39, 0.29) is 12.2 Å². The molecule has 4 nitrogen and oxygen atoms in total. The summed E-state index contributed by atoms with van der Waals surface area (Å²) in [7, 11) is 0. The maximum absolute atomic E-state index is 13.0. The first-order valence-corrected chi connectivity index (χ1v) is 5.24. The van der Waals surface area contributed by atoms with E-state index in [1.165, 1.54) is 13.0 Å². The molecule has 0 fully saturated rings. The third-order valence-corrected chi connectivity index (χ3v) is 2.39. The zero-order valence-corrected chi connectivity index (χ0v) is 9.86. The Morgan fingerprint density at radius 2 is 2.11 bits per heavy atom. The second-order valence-corrected chi connectivity index (χ2v) is 3.62. The van der Waals surface area contributed by atoms with E-state index in [9.17, 15) is 23.1 Å². The monoisotopic (exact) mass is 273 g/mol. The summed E-state index contributed by atoms with van der Waals surface area (Å²) in [5.41, 5.74) is -4.64. The molecule has 1 aromatic carbocycles. The summed E-state index contributed by atoms with van der Waals surface area (Å²) in [5, 5.41) is 18.4. The largest absolute Gasteiger partial charge is 0.463 e. The topological polar surface area (TPSA) is 70.3 Å². The van der Waals surface area contributed by atoms with Crippen LogP contribution in [-0.4, -0.2) is 23.9 Å². The van der Waals surface area contributed by atoms with Crippen molar-refractivity contribution in [1.29, 1.82) is 5.26 Å². The van der Waals surface area contributed by atoms with Crippen LogP contribution in [0.25, 0.3) is 0 Å². The Morgan fingerprint density at radius 1 is 1.47 bits per heavy atom. The number of nitriles is 1. The van der Waals surface area contributed by atoms with Gasteiger partial charge in [-0.1, -0.05) is 12.1 Å². The lowest BCUT2D eigenvalue weighted by atomic mass is 9.92. The van der Waals surface area contributed by atoms with Crippen molar-refractivity contribution in [1.82, 2.24) is 0 Å². The van der Waals surface area contributed by atoms with E-state index in [4.69, 9.17) is 5.26 Å². The van der Waals surface area contributed by atoms with Gasteiger partial charge in [-0.05, 0) is 19.1 Å². The van der Waals surface area contributed by atoms with Crippen LogP contribution in [0.1, 0.15) is 18.1 Å². The van der Waals surface area contributed by atoms with Gasteiger partial charge < -0.3 is 9.84 Å². The molecule has 0 amide bonds. The summed E-state index contributed by atoms with van der Waals surface area (Å²) < 4.78 is 43.2. The fraction of sp³-hybridized carbons (Fsp3) is 0.333. The van der Waals surface area contributed by atoms with Crippen molar-refractivity contribution in [3.05, 3.63) is 35.4 Å². The molecule has 0 aliphatic rings. The van der Waals surface area contributed by atoms with Gasteiger partial charge in [0, 0.05) is 5.56 Å². The van der Waals surface area contributed by atoms with Crippen molar-refractivity contribution in [3.63, 3.8) is 0 Å². The molecule has 0 bridgehead atoms. The van der Waals surface area contributed by atoms with E-state index in [1.54, 1.807) is 6.07 Å². The van der Waals surface area contributed by atoms with Crippen LogP contribution in [0.2, 0.25) is 0 Å². The molecule has 1 rings (SSSR count). The summed E-state index contributed by atoms with van der Waals surface area (Å²) in [5.74, 6) is -1.82. The molecule has 0 radical (unpaired) electrons. The van der Waals surface area contributed by atoms with E-state index in [0.717, 1.165) is 18.2 Å². The second kappa shape index (κ2) is 5.28. The minimum absolute atomic E-state index is 0.107. The highest BCUT2D eigenvalue weighted by molar-refractivity contribution is 5.82. The molecule has 0 aliphatic carbocycles. The number of aliphatic hydroxyl groups is 1. The molecule has 0 saturated heterocycles. The quantitative estimate of drug-likeness (QED) is 0.853. The summed E-state index contributed by atoms with van der Waals surface area (Å²) >= 11 is 0. The fourth-order valence-electron chi connectivity index (χ4n) is 1.45. The Bertz CT molecular complexity index is 522. The molecular formula is C12H10F3NO3. The number of carbonyl (C=O) groups is 1. The zero-order chi connectivity index (χ0) is 14.7. The summed E-state index contributed by atoms with van der Waals surface area (Å²) in [6.45, 7) is 1.01. The van der Waals surface area contributed by atoms with Gasteiger partial charge in [-0.15, -0.1) is 0 Å². The Hall–Kier alpha value is -2.07. The molecule has 0 spiro atoms. The molecule has 1 unspecified atom stereocenters. The number of hydrogen-bond donors (Lipinski definition) is 1. The van der Waals surface area contributed by atoms with Gasteiger partial charge in [-0.3, -0.25) is 0 Å². The predicted molar refractivity (Wildman–Crippen MR) is 57.7 cm³/mol. The lowest BCUT2D eigenvalue weighted by Crippen LogP contribution is -2.50. The average molecular weight is 273 g/mol. The first kappa shape index (κ1) is 15.0.